The van der Waals surface area contributed by atoms with Crippen molar-refractivity contribution >= 4 is 43.5 Å². The van der Waals surface area contributed by atoms with Crippen molar-refractivity contribution in [2.45, 2.75) is 5.38 Å². The summed E-state index contributed by atoms with van der Waals surface area (Å²) < 4.78 is 26.0. The van der Waals surface area contributed by atoms with Gasteiger partial charge in [-0.05, 0) is 40.2 Å². The number of ether oxygens (including phenoxy) is 2. The number of alkyl halides is 1. The van der Waals surface area contributed by atoms with E-state index in [1.54, 1.807) is 31.4 Å². The van der Waals surface area contributed by atoms with Crippen LogP contribution in [-0.2, 0) is 0 Å². The molecule has 2 rings (SSSR count). The molecule has 112 valence electrons. The first-order valence-electron chi connectivity index (χ1n) is 5.99. The van der Waals surface area contributed by atoms with E-state index in [9.17, 15) is 4.39 Å². The fourth-order valence-electron chi connectivity index (χ4n) is 1.99. The van der Waals surface area contributed by atoms with Crippen LogP contribution in [0.2, 0.25) is 0 Å². The van der Waals surface area contributed by atoms with Crippen molar-refractivity contribution in [1.82, 2.24) is 0 Å². The van der Waals surface area contributed by atoms with Crippen molar-refractivity contribution in [2.75, 3.05) is 14.2 Å². The highest BCUT2D eigenvalue weighted by atomic mass is 79.9. The first kappa shape index (κ1) is 16.6. The molecule has 0 heterocycles. The van der Waals surface area contributed by atoms with E-state index in [4.69, 9.17) is 21.1 Å². The Morgan fingerprint density at radius 3 is 2.29 bits per heavy atom. The summed E-state index contributed by atoms with van der Waals surface area (Å²) in [6.45, 7) is 0. The summed E-state index contributed by atoms with van der Waals surface area (Å²) in [4.78, 5) is 0. The topological polar surface area (TPSA) is 18.5 Å². The molecule has 21 heavy (non-hydrogen) atoms. The van der Waals surface area contributed by atoms with Crippen LogP contribution in [0.4, 0.5) is 4.39 Å². The number of hydrogen-bond acceptors (Lipinski definition) is 2. The van der Waals surface area contributed by atoms with E-state index >= 15 is 0 Å². The van der Waals surface area contributed by atoms with E-state index in [0.29, 0.717) is 31.6 Å². The highest BCUT2D eigenvalue weighted by molar-refractivity contribution is 9.11. The van der Waals surface area contributed by atoms with Crippen LogP contribution in [-0.4, -0.2) is 14.2 Å². The number of halogens is 4. The average molecular weight is 439 g/mol. The maximum Gasteiger partial charge on any atom is 0.141 e. The summed E-state index contributed by atoms with van der Waals surface area (Å²) in [7, 11) is 3.09. The molecule has 0 fully saturated rings. The standard InChI is InChI=1S/C15H12Br2ClFO2/c1-20-12-6-5-10(15(21-2)13(12)17)14(18)9-4-3-8(16)7-11(9)19/h3-7,14H,1-2H3. The molecule has 2 aromatic carbocycles. The Morgan fingerprint density at radius 1 is 1.05 bits per heavy atom. The van der Waals surface area contributed by atoms with Crippen LogP contribution >= 0.6 is 43.5 Å². The summed E-state index contributed by atoms with van der Waals surface area (Å²) >= 11 is 13.1. The van der Waals surface area contributed by atoms with Crippen LogP contribution in [0, 0.1) is 5.82 Å². The van der Waals surface area contributed by atoms with E-state index < -0.39 is 5.38 Å². The van der Waals surface area contributed by atoms with Crippen LogP contribution in [0.3, 0.4) is 0 Å². The number of methoxy groups -OCH3 is 2. The van der Waals surface area contributed by atoms with Gasteiger partial charge in [-0.15, -0.1) is 11.6 Å². The molecule has 0 aliphatic rings. The molecule has 0 radical (unpaired) electrons. The third-order valence-corrected chi connectivity index (χ3v) is 4.74. The summed E-state index contributed by atoms with van der Waals surface area (Å²) in [6, 6.07) is 8.30. The van der Waals surface area contributed by atoms with E-state index in [-0.39, 0.29) is 5.82 Å². The molecule has 0 saturated heterocycles. The van der Waals surface area contributed by atoms with Gasteiger partial charge in [0.2, 0.25) is 0 Å². The van der Waals surface area contributed by atoms with Gasteiger partial charge in [0.1, 0.15) is 21.8 Å². The molecule has 0 saturated carbocycles. The second-order valence-corrected chi connectivity index (χ2v) is 6.38. The van der Waals surface area contributed by atoms with Gasteiger partial charge < -0.3 is 9.47 Å². The lowest BCUT2D eigenvalue weighted by molar-refractivity contribution is 0.386. The minimum absolute atomic E-state index is 0.377. The quantitative estimate of drug-likeness (QED) is 0.571. The fraction of sp³-hybridized carbons (Fsp3) is 0.200. The first-order valence-corrected chi connectivity index (χ1v) is 8.01. The molecule has 1 unspecified atom stereocenters. The smallest absolute Gasteiger partial charge is 0.141 e. The Morgan fingerprint density at radius 2 is 1.71 bits per heavy atom. The molecule has 0 amide bonds. The van der Waals surface area contributed by atoms with Crippen LogP contribution in [0.1, 0.15) is 16.5 Å². The van der Waals surface area contributed by atoms with Crippen molar-refractivity contribution < 1.29 is 13.9 Å². The molecule has 0 aliphatic carbocycles. The monoisotopic (exact) mass is 436 g/mol. The fourth-order valence-corrected chi connectivity index (χ4v) is 3.36. The predicted molar refractivity (Wildman–Crippen MR) is 89.0 cm³/mol. The molecule has 6 heteroatoms. The van der Waals surface area contributed by atoms with Gasteiger partial charge in [-0.1, -0.05) is 22.0 Å². The second-order valence-electron chi connectivity index (χ2n) is 4.23. The second kappa shape index (κ2) is 6.99. The summed E-state index contributed by atoms with van der Waals surface area (Å²) in [6.07, 6.45) is 0. The zero-order valence-electron chi connectivity index (χ0n) is 11.3. The van der Waals surface area contributed by atoms with Crippen LogP contribution in [0.25, 0.3) is 0 Å². The summed E-state index contributed by atoms with van der Waals surface area (Å²) in [5, 5.41) is -0.671. The first-order chi connectivity index (χ1) is 9.99. The lowest BCUT2D eigenvalue weighted by Crippen LogP contribution is -2.01. The molecule has 2 aromatic rings. The van der Waals surface area contributed by atoms with Gasteiger partial charge in [0, 0.05) is 15.6 Å². The van der Waals surface area contributed by atoms with Crippen molar-refractivity contribution in [1.29, 1.82) is 0 Å². The van der Waals surface area contributed by atoms with Crippen molar-refractivity contribution in [3.8, 4) is 11.5 Å². The Hall–Kier alpha value is -0.780. The zero-order chi connectivity index (χ0) is 15.6. The Balaban J connectivity index is 2.52. The predicted octanol–water partition coefficient (Wildman–Crippen LogP) is 5.70. The maximum absolute atomic E-state index is 14.1. The minimum Gasteiger partial charge on any atom is -0.495 e. The van der Waals surface area contributed by atoms with Gasteiger partial charge >= 0.3 is 0 Å². The van der Waals surface area contributed by atoms with E-state index in [1.807, 2.05) is 0 Å². The Kier molecular flexibility index (Phi) is 5.52. The van der Waals surface area contributed by atoms with Gasteiger partial charge in [0.15, 0.2) is 0 Å². The molecule has 2 nitrogen and oxygen atoms in total. The normalized spacial score (nSPS) is 12.1. The lowest BCUT2D eigenvalue weighted by Gasteiger charge is -2.18. The molecule has 0 bridgehead atoms. The minimum atomic E-state index is -0.671. The Bertz CT molecular complexity index is 664. The van der Waals surface area contributed by atoms with Gasteiger partial charge in [0.05, 0.1) is 19.6 Å². The van der Waals surface area contributed by atoms with Crippen LogP contribution in [0.5, 0.6) is 11.5 Å². The highest BCUT2D eigenvalue weighted by Gasteiger charge is 2.22. The molecule has 1 atom stereocenters. The van der Waals surface area contributed by atoms with E-state index in [2.05, 4.69) is 31.9 Å². The zero-order valence-corrected chi connectivity index (χ0v) is 15.2. The van der Waals surface area contributed by atoms with Gasteiger partial charge in [0.25, 0.3) is 0 Å². The lowest BCUT2D eigenvalue weighted by atomic mass is 10.0. The third-order valence-electron chi connectivity index (χ3n) is 3.02. The summed E-state index contributed by atoms with van der Waals surface area (Å²) in [5.74, 6) is 0.769. The number of rotatable bonds is 4. The van der Waals surface area contributed by atoms with Crippen molar-refractivity contribution in [2.24, 2.45) is 0 Å². The SMILES string of the molecule is COc1ccc(C(Cl)c2ccc(Br)cc2F)c(OC)c1Br. The van der Waals surface area contributed by atoms with Crippen molar-refractivity contribution in [3.05, 3.63) is 56.2 Å². The largest absolute Gasteiger partial charge is 0.495 e. The molecule has 0 aromatic heterocycles. The van der Waals surface area contributed by atoms with Gasteiger partial charge in [-0.25, -0.2) is 4.39 Å². The third kappa shape index (κ3) is 3.35. The van der Waals surface area contributed by atoms with E-state index in [0.717, 1.165) is 0 Å². The van der Waals surface area contributed by atoms with Crippen LogP contribution < -0.4 is 9.47 Å². The summed E-state index contributed by atoms with van der Waals surface area (Å²) in [5.41, 5.74) is 1.04. The molecule has 0 spiro atoms. The van der Waals surface area contributed by atoms with E-state index in [1.165, 1.54) is 13.2 Å². The molecular weight excluding hydrogens is 426 g/mol. The Labute approximate surface area is 144 Å². The molecular formula is C15H12Br2ClFO2. The highest BCUT2D eigenvalue weighted by Crippen LogP contribution is 2.44. The maximum atomic E-state index is 14.1. The van der Waals surface area contributed by atoms with Gasteiger partial charge in [-0.3, -0.25) is 0 Å². The molecule has 0 aliphatic heterocycles. The number of benzene rings is 2. The van der Waals surface area contributed by atoms with Gasteiger partial charge in [-0.2, -0.15) is 0 Å². The number of hydrogen-bond donors (Lipinski definition) is 0. The van der Waals surface area contributed by atoms with Crippen LogP contribution in [0.15, 0.2) is 39.3 Å². The van der Waals surface area contributed by atoms with Crippen molar-refractivity contribution in [3.63, 3.8) is 0 Å². The average Bonchev–Trinajstić information content (AvgIpc) is 2.46. The molecule has 0 N–H and O–H groups in total.